The lowest BCUT2D eigenvalue weighted by atomic mass is 10.3. The van der Waals surface area contributed by atoms with E-state index in [0.29, 0.717) is 13.1 Å². The highest BCUT2D eigenvalue weighted by atomic mass is 16.5. The molecule has 16 heavy (non-hydrogen) atoms. The molecule has 0 saturated heterocycles. The predicted octanol–water partition coefficient (Wildman–Crippen LogP) is -1.64. The van der Waals surface area contributed by atoms with Gasteiger partial charge >= 0.3 is 5.97 Å². The molecule has 0 radical (unpaired) electrons. The zero-order valence-corrected chi connectivity index (χ0v) is 9.21. The molecule has 0 aromatic rings. The van der Waals surface area contributed by atoms with Gasteiger partial charge in [-0.05, 0) is 0 Å². The third kappa shape index (κ3) is 7.36. The molecule has 0 rings (SSSR count). The molecule has 1 unspecified atom stereocenters. The molecule has 0 heterocycles. The summed E-state index contributed by atoms with van der Waals surface area (Å²) >= 11 is 0. The smallest absolute Gasteiger partial charge is 0.330 e. The number of carbonyl (C=O) groups excluding carboxylic acids is 1. The number of aliphatic hydroxyl groups excluding tert-OH is 3. The molecular formula is C10H19NO5. The highest BCUT2D eigenvalue weighted by Crippen LogP contribution is 1.94. The Hall–Kier alpha value is -0.950. The molecule has 1 atom stereocenters. The molecule has 0 saturated carbocycles. The number of ether oxygens (including phenoxy) is 1. The fourth-order valence-corrected chi connectivity index (χ4v) is 1.17. The molecule has 0 amide bonds. The van der Waals surface area contributed by atoms with Gasteiger partial charge in [0.25, 0.3) is 0 Å². The van der Waals surface area contributed by atoms with E-state index in [-0.39, 0.29) is 26.4 Å². The van der Waals surface area contributed by atoms with E-state index in [4.69, 9.17) is 10.2 Å². The lowest BCUT2D eigenvalue weighted by Crippen LogP contribution is -2.38. The van der Waals surface area contributed by atoms with Crippen molar-refractivity contribution in [3.05, 3.63) is 12.7 Å². The fourth-order valence-electron chi connectivity index (χ4n) is 1.17. The van der Waals surface area contributed by atoms with Crippen LogP contribution in [0.15, 0.2) is 12.7 Å². The SMILES string of the molecule is C=CC(=O)OCC(O)CN(CCO)CCO. The van der Waals surface area contributed by atoms with E-state index >= 15 is 0 Å². The van der Waals surface area contributed by atoms with Crippen LogP contribution in [0.25, 0.3) is 0 Å². The van der Waals surface area contributed by atoms with Crippen molar-refractivity contribution < 1.29 is 24.9 Å². The molecule has 94 valence electrons. The summed E-state index contributed by atoms with van der Waals surface area (Å²) in [6, 6.07) is 0. The minimum Gasteiger partial charge on any atom is -0.460 e. The van der Waals surface area contributed by atoms with Gasteiger partial charge < -0.3 is 20.1 Å². The second-order valence-corrected chi connectivity index (χ2v) is 3.24. The summed E-state index contributed by atoms with van der Waals surface area (Å²) < 4.78 is 4.65. The van der Waals surface area contributed by atoms with Crippen molar-refractivity contribution >= 4 is 5.97 Å². The summed E-state index contributed by atoms with van der Waals surface area (Å²) in [7, 11) is 0. The Balaban J connectivity index is 3.83. The van der Waals surface area contributed by atoms with Gasteiger partial charge in [0.2, 0.25) is 0 Å². The van der Waals surface area contributed by atoms with Crippen LogP contribution in [-0.4, -0.2) is 71.7 Å². The summed E-state index contributed by atoms with van der Waals surface area (Å²) in [5, 5.41) is 27.0. The quantitative estimate of drug-likeness (QED) is 0.327. The molecule has 0 aliphatic rings. The van der Waals surface area contributed by atoms with E-state index in [1.807, 2.05) is 0 Å². The van der Waals surface area contributed by atoms with Crippen LogP contribution in [0.1, 0.15) is 0 Å². The van der Waals surface area contributed by atoms with Crippen LogP contribution in [0.4, 0.5) is 0 Å². The van der Waals surface area contributed by atoms with Gasteiger partial charge in [0.1, 0.15) is 12.7 Å². The third-order valence-corrected chi connectivity index (χ3v) is 1.89. The lowest BCUT2D eigenvalue weighted by Gasteiger charge is -2.22. The van der Waals surface area contributed by atoms with Crippen molar-refractivity contribution in [3.63, 3.8) is 0 Å². The second kappa shape index (κ2) is 9.29. The van der Waals surface area contributed by atoms with Crippen molar-refractivity contribution in [2.24, 2.45) is 0 Å². The Bertz CT molecular complexity index is 203. The Morgan fingerprint density at radius 3 is 2.38 bits per heavy atom. The number of hydrogen-bond acceptors (Lipinski definition) is 6. The molecule has 6 heteroatoms. The standard InChI is InChI=1S/C10H19NO5/c1-2-10(15)16-8-9(14)7-11(3-5-12)4-6-13/h2,9,12-14H,1,3-8H2. The maximum absolute atomic E-state index is 10.7. The van der Waals surface area contributed by atoms with Crippen molar-refractivity contribution in [1.29, 1.82) is 0 Å². The van der Waals surface area contributed by atoms with Gasteiger partial charge in [0.05, 0.1) is 13.2 Å². The first-order valence-corrected chi connectivity index (χ1v) is 5.05. The Labute approximate surface area is 94.8 Å². The highest BCUT2D eigenvalue weighted by molar-refractivity contribution is 5.81. The van der Waals surface area contributed by atoms with E-state index in [1.165, 1.54) is 0 Å². The average molecular weight is 233 g/mol. The molecular weight excluding hydrogens is 214 g/mol. The molecule has 0 aromatic carbocycles. The number of rotatable bonds is 9. The highest BCUT2D eigenvalue weighted by Gasteiger charge is 2.12. The number of aliphatic hydroxyl groups is 3. The first-order valence-electron chi connectivity index (χ1n) is 5.05. The van der Waals surface area contributed by atoms with Gasteiger partial charge in [-0.1, -0.05) is 6.58 Å². The van der Waals surface area contributed by atoms with Gasteiger partial charge in [-0.2, -0.15) is 0 Å². The van der Waals surface area contributed by atoms with Crippen LogP contribution in [0.2, 0.25) is 0 Å². The molecule has 6 nitrogen and oxygen atoms in total. The normalized spacial score (nSPS) is 12.5. The van der Waals surface area contributed by atoms with Gasteiger partial charge in [-0.15, -0.1) is 0 Å². The van der Waals surface area contributed by atoms with Crippen molar-refractivity contribution in [3.8, 4) is 0 Å². The Morgan fingerprint density at radius 1 is 1.38 bits per heavy atom. The third-order valence-electron chi connectivity index (χ3n) is 1.89. The summed E-state index contributed by atoms with van der Waals surface area (Å²) in [6.45, 7) is 3.92. The minimum atomic E-state index is -0.845. The van der Waals surface area contributed by atoms with Gasteiger partial charge in [0.15, 0.2) is 0 Å². The van der Waals surface area contributed by atoms with E-state index in [9.17, 15) is 9.90 Å². The largest absolute Gasteiger partial charge is 0.460 e. The minimum absolute atomic E-state index is 0.0564. The molecule has 0 aliphatic heterocycles. The maximum atomic E-state index is 10.7. The molecule has 0 bridgehead atoms. The molecule has 0 spiro atoms. The number of carbonyl (C=O) groups is 1. The fraction of sp³-hybridized carbons (Fsp3) is 0.700. The molecule has 0 fully saturated rings. The first-order chi connectivity index (χ1) is 7.63. The predicted molar refractivity (Wildman–Crippen MR) is 57.8 cm³/mol. The molecule has 0 aromatic heterocycles. The van der Waals surface area contributed by atoms with Gasteiger partial charge in [-0.3, -0.25) is 4.90 Å². The summed E-state index contributed by atoms with van der Waals surface area (Å²) in [6.07, 6.45) is 0.174. The van der Waals surface area contributed by atoms with Crippen LogP contribution in [0.3, 0.4) is 0 Å². The lowest BCUT2D eigenvalue weighted by molar-refractivity contribution is -0.141. The summed E-state index contributed by atoms with van der Waals surface area (Å²) in [5.41, 5.74) is 0. The summed E-state index contributed by atoms with van der Waals surface area (Å²) in [5.74, 6) is -0.588. The molecule has 3 N–H and O–H groups in total. The molecule has 0 aliphatic carbocycles. The number of nitrogens with zero attached hydrogens (tertiary/aromatic N) is 1. The number of hydrogen-bond donors (Lipinski definition) is 3. The van der Waals surface area contributed by atoms with Crippen LogP contribution >= 0.6 is 0 Å². The van der Waals surface area contributed by atoms with Crippen molar-refractivity contribution in [1.82, 2.24) is 4.90 Å². The van der Waals surface area contributed by atoms with Crippen LogP contribution in [-0.2, 0) is 9.53 Å². The Kier molecular flexibility index (Phi) is 8.74. The number of esters is 1. The first kappa shape index (κ1) is 15.0. The van der Waals surface area contributed by atoms with Crippen LogP contribution in [0.5, 0.6) is 0 Å². The van der Waals surface area contributed by atoms with E-state index < -0.39 is 12.1 Å². The average Bonchev–Trinajstić information content (AvgIpc) is 2.26. The second-order valence-electron chi connectivity index (χ2n) is 3.24. The van der Waals surface area contributed by atoms with Gasteiger partial charge in [-0.25, -0.2) is 4.79 Å². The zero-order chi connectivity index (χ0) is 12.4. The van der Waals surface area contributed by atoms with E-state index in [2.05, 4.69) is 11.3 Å². The Morgan fingerprint density at radius 2 is 1.94 bits per heavy atom. The van der Waals surface area contributed by atoms with Crippen molar-refractivity contribution in [2.75, 3.05) is 39.5 Å². The zero-order valence-electron chi connectivity index (χ0n) is 9.21. The van der Waals surface area contributed by atoms with Crippen molar-refractivity contribution in [2.45, 2.75) is 6.10 Å². The van der Waals surface area contributed by atoms with Gasteiger partial charge in [0, 0.05) is 25.7 Å². The summed E-state index contributed by atoms with van der Waals surface area (Å²) in [4.78, 5) is 12.4. The topological polar surface area (TPSA) is 90.2 Å². The van der Waals surface area contributed by atoms with E-state index in [1.54, 1.807) is 4.90 Å². The van der Waals surface area contributed by atoms with Crippen LogP contribution < -0.4 is 0 Å². The monoisotopic (exact) mass is 233 g/mol. The maximum Gasteiger partial charge on any atom is 0.330 e. The van der Waals surface area contributed by atoms with E-state index in [0.717, 1.165) is 6.08 Å². The van der Waals surface area contributed by atoms with Crippen LogP contribution in [0, 0.1) is 0 Å².